The van der Waals surface area contributed by atoms with Crippen LogP contribution in [0.4, 0.5) is 0 Å². The zero-order valence-electron chi connectivity index (χ0n) is 60.0. The molecule has 28 heteroatoms. The average Bonchev–Trinajstić information content (AvgIpc) is 1.07. The van der Waals surface area contributed by atoms with E-state index in [0.29, 0.717) is 25.8 Å². The van der Waals surface area contributed by atoms with Gasteiger partial charge in [0.2, 0.25) is 65.0 Å². The number of rotatable bonds is 20. The Balaban J connectivity index is 2.98. The van der Waals surface area contributed by atoms with E-state index < -0.39 is 162 Å². The number of aliphatic hydroxyl groups is 1. The molecular formula is C65H115N15O13. The molecule has 1 aromatic heterocycles. The number of amides is 11. The van der Waals surface area contributed by atoms with Crippen LogP contribution in [0.25, 0.3) is 0 Å². The van der Waals surface area contributed by atoms with E-state index in [1.165, 1.54) is 93.9 Å². The number of aromatic nitrogens is 4. The van der Waals surface area contributed by atoms with E-state index in [-0.39, 0.29) is 50.0 Å². The summed E-state index contributed by atoms with van der Waals surface area (Å²) in [5.41, 5.74) is 0. The van der Waals surface area contributed by atoms with Crippen LogP contribution in [-0.2, 0) is 64.0 Å². The summed E-state index contributed by atoms with van der Waals surface area (Å²) >= 11 is 0. The van der Waals surface area contributed by atoms with Gasteiger partial charge in [-0.3, -0.25) is 52.7 Å². The van der Waals surface area contributed by atoms with E-state index in [1.807, 2.05) is 41.5 Å². The van der Waals surface area contributed by atoms with Gasteiger partial charge in [0, 0.05) is 55.9 Å². The topological polar surface area (TPSA) is 332 Å². The first-order chi connectivity index (χ1) is 43.3. The third kappa shape index (κ3) is 23.4. The number of ether oxygens (including phenoxy) is 1. The highest BCUT2D eigenvalue weighted by molar-refractivity contribution is 5.99. The number of nitrogens with zero attached hydrogens (tertiary/aromatic N) is 11. The van der Waals surface area contributed by atoms with Crippen LogP contribution in [0.5, 0.6) is 0 Å². The molecular weight excluding hydrogens is 1200 g/mol. The number of carbonyl (C=O) groups excluding carboxylic acids is 11. The maximum Gasteiger partial charge on any atom is 0.246 e. The molecule has 13 atom stereocenters. The van der Waals surface area contributed by atoms with Gasteiger partial charge in [0.1, 0.15) is 60.4 Å². The minimum absolute atomic E-state index is 0.0143. The zero-order valence-corrected chi connectivity index (χ0v) is 60.0. The number of hydrogen-bond donors (Lipinski definition) is 5. The van der Waals surface area contributed by atoms with E-state index in [9.17, 15) is 43.5 Å². The molecule has 0 bridgehead atoms. The number of unbranched alkanes of at least 4 members (excludes halogenated alkanes) is 1. The van der Waals surface area contributed by atoms with Gasteiger partial charge in [0.05, 0.1) is 25.3 Å². The lowest BCUT2D eigenvalue weighted by Crippen LogP contribution is -2.63. The highest BCUT2D eigenvalue weighted by atomic mass is 16.5. The molecule has 93 heavy (non-hydrogen) atoms. The van der Waals surface area contributed by atoms with Crippen molar-refractivity contribution in [3.63, 3.8) is 0 Å². The van der Waals surface area contributed by atoms with Crippen molar-refractivity contribution in [2.45, 2.75) is 235 Å². The number of aryl methyl sites for hydroxylation is 1. The van der Waals surface area contributed by atoms with E-state index >= 15 is 14.4 Å². The number of aliphatic hydroxyl groups excluding tert-OH is 1. The molecule has 0 unspecified atom stereocenters. The van der Waals surface area contributed by atoms with E-state index in [4.69, 9.17) is 4.74 Å². The van der Waals surface area contributed by atoms with Crippen LogP contribution in [0.15, 0.2) is 18.5 Å². The molecule has 28 nitrogen and oxygen atoms in total. The zero-order chi connectivity index (χ0) is 71.2. The maximum absolute atomic E-state index is 15.2. The Kier molecular flexibility index (Phi) is 33.8. The molecule has 1 fully saturated rings. The quantitative estimate of drug-likeness (QED) is 0.0922. The van der Waals surface area contributed by atoms with Gasteiger partial charge in [0.25, 0.3) is 0 Å². The predicted octanol–water partition coefficient (Wildman–Crippen LogP) is 2.09. The Bertz CT molecular complexity index is 2670. The van der Waals surface area contributed by atoms with Crippen LogP contribution < -0.4 is 21.3 Å². The summed E-state index contributed by atoms with van der Waals surface area (Å²) < 4.78 is 6.23. The highest BCUT2D eigenvalue weighted by Gasteiger charge is 2.46. The lowest BCUT2D eigenvalue weighted by atomic mass is 9.91. The normalized spacial score (nSPS) is 25.9. The molecule has 0 saturated carbocycles. The lowest BCUT2D eigenvalue weighted by molar-refractivity contribution is -0.157. The molecule has 1 aliphatic heterocycles. The van der Waals surface area contributed by atoms with Gasteiger partial charge in [-0.15, -0.1) is 10.2 Å². The average molecular weight is 1310 g/mol. The second-order valence-electron chi connectivity index (χ2n) is 27.2. The summed E-state index contributed by atoms with van der Waals surface area (Å²) in [5, 5.41) is 34.8. The minimum Gasteiger partial charge on any atom is -0.390 e. The van der Waals surface area contributed by atoms with E-state index in [1.54, 1.807) is 67.5 Å². The first-order valence-corrected chi connectivity index (χ1v) is 33.0. The van der Waals surface area contributed by atoms with Crippen molar-refractivity contribution < 1.29 is 62.6 Å². The monoisotopic (exact) mass is 1310 g/mol. The van der Waals surface area contributed by atoms with Crippen molar-refractivity contribution in [1.29, 1.82) is 0 Å². The molecule has 11 amide bonds. The van der Waals surface area contributed by atoms with Crippen LogP contribution in [0, 0.1) is 35.5 Å². The summed E-state index contributed by atoms with van der Waals surface area (Å²) in [4.78, 5) is 172. The molecule has 2 heterocycles. The van der Waals surface area contributed by atoms with E-state index in [2.05, 4.69) is 36.7 Å². The van der Waals surface area contributed by atoms with Gasteiger partial charge >= 0.3 is 0 Å². The molecule has 1 aliphatic rings. The Labute approximate surface area is 552 Å². The Morgan fingerprint density at radius 1 is 0.559 bits per heavy atom. The summed E-state index contributed by atoms with van der Waals surface area (Å²) in [6.07, 6.45) is 4.06. The van der Waals surface area contributed by atoms with Crippen molar-refractivity contribution in [2.75, 3.05) is 62.5 Å². The van der Waals surface area contributed by atoms with Crippen LogP contribution in [-0.4, -0.2) is 260 Å². The number of nitrogens with one attached hydrogen (secondary N) is 4. The van der Waals surface area contributed by atoms with Gasteiger partial charge in [-0.2, -0.15) is 4.80 Å². The Morgan fingerprint density at radius 2 is 1.06 bits per heavy atom. The van der Waals surface area contributed by atoms with Crippen molar-refractivity contribution in [1.82, 2.24) is 75.8 Å². The molecule has 5 N–H and O–H groups in total. The molecule has 2 rings (SSSR count). The molecule has 1 aromatic rings. The van der Waals surface area contributed by atoms with Gasteiger partial charge in [-0.25, -0.2) is 0 Å². The molecule has 0 spiro atoms. The van der Waals surface area contributed by atoms with Crippen LogP contribution in [0.3, 0.4) is 0 Å². The Morgan fingerprint density at radius 3 is 1.57 bits per heavy atom. The van der Waals surface area contributed by atoms with Crippen molar-refractivity contribution in [3.05, 3.63) is 18.5 Å². The summed E-state index contributed by atoms with van der Waals surface area (Å²) in [5.74, 6) is -10.2. The number of hydrogen-bond acceptors (Lipinski definition) is 16. The standard InChI is InChI=1S/C65H115N15O13/c1-24-26-29-42(13)55(82)54-59(86)70-46(25-2)61(88)73(17)35-50(81)77(21)53(45(16)93-31-28-27-30-80-67-36-66-72-80)58(85)71-51(40(9)10)64(91)74(18)47(32-37(3)4)57(84)68-43(14)56(83)69-44(15)60(87)75(19)48(33-38(5)6)62(89)76(20)49(34-39(7)8)63(90)78(22)52(41(11)12)65(92)79(54)23/h24,26,36-49,51-55,82H,25,27-35H2,1-23H3,(H,68,84)(H,69,83)(H,70,86)(H,71,85)/b26-24+/t42-,43+,44+,45-,46+,47-,48+,49-,51+,52+,53+,54+,55-/m1/s1. The Hall–Kier alpha value is -7.10. The van der Waals surface area contributed by atoms with Crippen LogP contribution >= 0.6 is 0 Å². The minimum atomic E-state index is -1.64. The van der Waals surface area contributed by atoms with Crippen LogP contribution in [0.2, 0.25) is 0 Å². The second kappa shape index (κ2) is 38.3. The van der Waals surface area contributed by atoms with Crippen molar-refractivity contribution in [2.24, 2.45) is 35.5 Å². The molecule has 528 valence electrons. The molecule has 1 saturated heterocycles. The van der Waals surface area contributed by atoms with Gasteiger partial charge in [-0.1, -0.05) is 95.2 Å². The molecule has 0 aliphatic carbocycles. The first kappa shape index (κ1) is 82.0. The van der Waals surface area contributed by atoms with Gasteiger partial charge < -0.3 is 65.4 Å². The van der Waals surface area contributed by atoms with Crippen LogP contribution in [0.1, 0.15) is 156 Å². The molecule has 0 aromatic carbocycles. The summed E-state index contributed by atoms with van der Waals surface area (Å²) in [6.45, 7) is 27.5. The summed E-state index contributed by atoms with van der Waals surface area (Å²) in [6, 6.07) is -13.0. The third-order valence-electron chi connectivity index (χ3n) is 17.3. The number of allylic oxidation sites excluding steroid dienone is 2. The van der Waals surface area contributed by atoms with Crippen molar-refractivity contribution in [3.8, 4) is 0 Å². The predicted molar refractivity (Wildman–Crippen MR) is 351 cm³/mol. The maximum atomic E-state index is 15.2. The summed E-state index contributed by atoms with van der Waals surface area (Å²) in [7, 11) is 9.78. The number of carbonyl (C=O) groups is 11. The SMILES string of the molecule is C/C=C/C[C@@H](C)[C@@H](O)[C@H]1C(=O)N[C@@H](CC)C(=O)N(C)CC(=O)N(C)[C@@H]([C@@H](C)OCCCCn2ncnn2)C(=O)N[C@@H](C(C)C)C(=O)N(C)[C@H](CC(C)C)C(=O)N[C@@H](C)C(=O)N[C@@H](C)C(=O)N(C)[C@@H](CC(C)C)C(=O)N(C)[C@H](CC(C)C)C(=O)N(C)[C@@H](C(C)C)C(=O)N1C. The number of tetrazole rings is 1. The molecule has 0 radical (unpaired) electrons. The fraction of sp³-hybridized carbons (Fsp3) is 0.785. The largest absolute Gasteiger partial charge is 0.390 e. The van der Waals surface area contributed by atoms with E-state index in [0.717, 1.165) is 14.7 Å². The third-order valence-corrected chi connectivity index (χ3v) is 17.3. The lowest BCUT2D eigenvalue weighted by Gasteiger charge is -2.41. The van der Waals surface area contributed by atoms with Gasteiger partial charge in [0.15, 0.2) is 6.33 Å². The number of likely N-dealkylation sites (N-methyl/N-ethyl adjacent to an activating group) is 7. The van der Waals surface area contributed by atoms with Gasteiger partial charge in [-0.05, 0) is 113 Å². The first-order valence-electron chi connectivity index (χ1n) is 33.0. The fourth-order valence-electron chi connectivity index (χ4n) is 11.5. The van der Waals surface area contributed by atoms with Crippen molar-refractivity contribution >= 4 is 65.0 Å². The smallest absolute Gasteiger partial charge is 0.246 e. The fourth-order valence-corrected chi connectivity index (χ4v) is 11.5. The highest BCUT2D eigenvalue weighted by Crippen LogP contribution is 2.26. The second-order valence-corrected chi connectivity index (χ2v) is 27.2.